The van der Waals surface area contributed by atoms with Gasteiger partial charge in [0.15, 0.2) is 12.4 Å². The Labute approximate surface area is 165 Å². The fraction of sp³-hybridized carbons (Fsp3) is 0.211. The van der Waals surface area contributed by atoms with Gasteiger partial charge in [0.05, 0.1) is 23.9 Å². The van der Waals surface area contributed by atoms with Gasteiger partial charge in [-0.3, -0.25) is 0 Å². The van der Waals surface area contributed by atoms with E-state index in [9.17, 15) is 18.8 Å². The number of nitrogens with zero attached hydrogens (tertiary/aromatic N) is 3. The Morgan fingerprint density at radius 3 is 2.68 bits per heavy atom. The number of carbonyl (C=O) groups is 1. The summed E-state index contributed by atoms with van der Waals surface area (Å²) in [5.41, 5.74) is 1.65. The summed E-state index contributed by atoms with van der Waals surface area (Å²) in [7, 11) is 1.73. The van der Waals surface area contributed by atoms with Gasteiger partial charge < -0.3 is 9.30 Å². The average Bonchev–Trinajstić information content (AvgIpc) is 3.09. The highest BCUT2D eigenvalue weighted by molar-refractivity contribution is 8.00. The highest BCUT2D eigenvalue weighted by Crippen LogP contribution is 2.37. The molecule has 1 aromatic heterocycles. The molecule has 5 nitrogen and oxygen atoms in total. The summed E-state index contributed by atoms with van der Waals surface area (Å²) in [6.07, 6.45) is 1.45. The molecule has 0 saturated carbocycles. The molecule has 141 valence electrons. The van der Waals surface area contributed by atoms with Crippen molar-refractivity contribution in [1.29, 1.82) is 5.26 Å². The van der Waals surface area contributed by atoms with E-state index in [1.165, 1.54) is 13.1 Å². The molecule has 3 aromatic rings. The predicted octanol–water partition coefficient (Wildman–Crippen LogP) is 3.52. The van der Waals surface area contributed by atoms with Crippen molar-refractivity contribution in [2.75, 3.05) is 6.61 Å². The minimum absolute atomic E-state index is 0.0291. The summed E-state index contributed by atoms with van der Waals surface area (Å²) in [6, 6.07) is 12.7. The van der Waals surface area contributed by atoms with Crippen molar-refractivity contribution in [2.45, 2.75) is 24.2 Å². The van der Waals surface area contributed by atoms with Crippen LogP contribution in [0.1, 0.15) is 12.5 Å². The number of carbonyl (C=O) groups excluding carboxylic acids is 1. The summed E-state index contributed by atoms with van der Waals surface area (Å²) in [4.78, 5) is 15.7. The normalized spacial score (nSPS) is 11.2. The second-order valence-electron chi connectivity index (χ2n) is 5.72. The minimum Gasteiger partial charge on any atom is -0.461 e. The summed E-state index contributed by atoms with van der Waals surface area (Å²) in [5, 5.41) is 6.92. The molecule has 0 spiro atoms. The second-order valence-corrected chi connectivity index (χ2v) is 6.80. The zero-order valence-corrected chi connectivity index (χ0v) is 16.0. The molecule has 1 radical (unpaired) electrons. The third-order valence-electron chi connectivity index (χ3n) is 4.05. The molecule has 0 aliphatic heterocycles. The fourth-order valence-corrected chi connectivity index (χ4v) is 3.58. The first-order chi connectivity index (χ1) is 13.4. The lowest BCUT2D eigenvalue weighted by Gasteiger charge is -2.17. The molecule has 0 fully saturated rings. The summed E-state index contributed by atoms with van der Waals surface area (Å²) >= 11 is 0.0291. The van der Waals surface area contributed by atoms with Crippen molar-refractivity contribution in [3.63, 3.8) is 0 Å². The molecule has 9 heteroatoms. The van der Waals surface area contributed by atoms with E-state index in [1.807, 2.05) is 6.07 Å². The number of thioether (sulfide) groups is 1. The van der Waals surface area contributed by atoms with Gasteiger partial charge in [0.2, 0.25) is 0 Å². The third kappa shape index (κ3) is 3.60. The fourth-order valence-electron chi connectivity index (χ4n) is 2.81. The molecule has 3 rings (SSSR count). The van der Waals surface area contributed by atoms with Gasteiger partial charge in [0.1, 0.15) is 0 Å². The Hall–Kier alpha value is -2.86. The van der Waals surface area contributed by atoms with Crippen LogP contribution in [0.25, 0.3) is 16.5 Å². The quantitative estimate of drug-likeness (QED) is 0.361. The van der Waals surface area contributed by atoms with Crippen LogP contribution in [0.4, 0.5) is 8.78 Å². The van der Waals surface area contributed by atoms with E-state index in [2.05, 4.69) is 15.8 Å². The van der Waals surface area contributed by atoms with Gasteiger partial charge in [-0.15, -0.1) is 0 Å². The van der Waals surface area contributed by atoms with Crippen LogP contribution >= 0.6 is 11.8 Å². The maximum Gasteiger partial charge on any atom is 0.395 e. The number of alkyl halides is 2. The molecular formula is C19H15BF2N3O2S. The maximum absolute atomic E-state index is 14.3. The number of halogens is 2. The van der Waals surface area contributed by atoms with Crippen molar-refractivity contribution in [1.82, 2.24) is 9.55 Å². The molecule has 0 bridgehead atoms. The highest BCUT2D eigenvalue weighted by Gasteiger charge is 2.43. The number of rotatable bonds is 6. The Balaban J connectivity index is 2.17. The summed E-state index contributed by atoms with van der Waals surface area (Å²) < 4.78 is 34.6. The maximum atomic E-state index is 14.3. The number of benzene rings is 2. The molecule has 0 N–H and O–H groups in total. The molecular weight excluding hydrogens is 383 g/mol. The molecule has 2 aromatic carbocycles. The van der Waals surface area contributed by atoms with Crippen LogP contribution in [0.3, 0.4) is 0 Å². The van der Waals surface area contributed by atoms with Crippen LogP contribution in [0.15, 0.2) is 47.8 Å². The number of fused-ring (bicyclic) bond motifs is 1. The monoisotopic (exact) mass is 398 g/mol. The van der Waals surface area contributed by atoms with Gasteiger partial charge in [-0.05, 0) is 36.4 Å². The third-order valence-corrected chi connectivity index (χ3v) is 4.94. The minimum atomic E-state index is -3.79. The smallest absolute Gasteiger partial charge is 0.395 e. The topological polar surface area (TPSA) is 67.9 Å². The lowest BCUT2D eigenvalue weighted by Crippen LogP contribution is -2.28. The first kappa shape index (κ1) is 19.9. The van der Waals surface area contributed by atoms with Gasteiger partial charge >= 0.3 is 11.2 Å². The molecule has 0 unspecified atom stereocenters. The molecule has 0 saturated heterocycles. The lowest BCUT2D eigenvalue weighted by molar-refractivity contribution is -0.159. The van der Waals surface area contributed by atoms with Gasteiger partial charge in [0.25, 0.3) is 0 Å². The molecule has 1 heterocycles. The van der Waals surface area contributed by atoms with Crippen molar-refractivity contribution in [2.24, 2.45) is 0 Å². The van der Waals surface area contributed by atoms with Gasteiger partial charge in [-0.2, -0.15) is 14.0 Å². The van der Waals surface area contributed by atoms with E-state index in [1.54, 1.807) is 49.0 Å². The van der Waals surface area contributed by atoms with Crippen molar-refractivity contribution >= 4 is 41.4 Å². The zero-order chi connectivity index (χ0) is 20.3. The van der Waals surface area contributed by atoms with Crippen LogP contribution in [0.5, 0.6) is 0 Å². The zero-order valence-electron chi connectivity index (χ0n) is 15.1. The molecule has 0 aliphatic carbocycles. The van der Waals surface area contributed by atoms with Gasteiger partial charge in [0, 0.05) is 17.0 Å². The first-order valence-corrected chi connectivity index (χ1v) is 9.28. The number of nitriles is 1. The molecule has 28 heavy (non-hydrogen) atoms. The van der Waals surface area contributed by atoms with E-state index in [0.29, 0.717) is 27.6 Å². The van der Waals surface area contributed by atoms with E-state index in [0.717, 1.165) is 0 Å². The van der Waals surface area contributed by atoms with Gasteiger partial charge in [-0.25, -0.2) is 9.78 Å². The highest BCUT2D eigenvalue weighted by atomic mass is 32.2. The van der Waals surface area contributed by atoms with Crippen molar-refractivity contribution < 1.29 is 18.3 Å². The molecule has 0 atom stereocenters. The lowest BCUT2D eigenvalue weighted by atomic mass is 9.78. The number of hydrogen-bond acceptors (Lipinski definition) is 5. The van der Waals surface area contributed by atoms with Crippen LogP contribution in [0.2, 0.25) is 6.82 Å². The van der Waals surface area contributed by atoms with E-state index in [4.69, 9.17) is 0 Å². The average molecular weight is 398 g/mol. The van der Waals surface area contributed by atoms with Gasteiger partial charge in [-0.1, -0.05) is 31.1 Å². The standard InChI is InChI=1S/C19H15BF2N3O2S/c1-3-27-17(26)19(21,22)28-18-24-11-16(20-2)25(18)15-9-8-12(10-23)13-6-4-5-7-14(13)15/h4-9,11H,3H2,1-2H3. The molecule has 0 amide bonds. The number of hydrogen-bond donors (Lipinski definition) is 0. The largest absolute Gasteiger partial charge is 0.461 e. The van der Waals surface area contributed by atoms with Crippen molar-refractivity contribution in [3.05, 3.63) is 48.2 Å². The Morgan fingerprint density at radius 2 is 2.04 bits per heavy atom. The molecule has 0 aliphatic rings. The first-order valence-electron chi connectivity index (χ1n) is 8.46. The Morgan fingerprint density at radius 1 is 1.32 bits per heavy atom. The number of aromatic nitrogens is 2. The number of ether oxygens (including phenoxy) is 1. The number of imidazole rings is 1. The van der Waals surface area contributed by atoms with Crippen LogP contribution in [0, 0.1) is 11.3 Å². The number of esters is 1. The van der Waals surface area contributed by atoms with Crippen LogP contribution in [-0.4, -0.2) is 34.7 Å². The van der Waals surface area contributed by atoms with E-state index < -0.39 is 11.2 Å². The SMILES string of the molecule is C[B]c1cnc(SC(F)(F)C(=O)OCC)n1-c1ccc(C#N)c2ccccc12. The Kier molecular flexibility index (Phi) is 5.70. The van der Waals surface area contributed by atoms with E-state index in [-0.39, 0.29) is 23.5 Å². The van der Waals surface area contributed by atoms with Crippen molar-refractivity contribution in [3.8, 4) is 11.8 Å². The van der Waals surface area contributed by atoms with Crippen LogP contribution < -0.4 is 5.59 Å². The Bertz CT molecular complexity index is 1080. The summed E-state index contributed by atoms with van der Waals surface area (Å²) in [5.74, 6) is -1.61. The van der Waals surface area contributed by atoms with Crippen LogP contribution in [-0.2, 0) is 9.53 Å². The summed E-state index contributed by atoms with van der Waals surface area (Å²) in [6.45, 7) is 3.08. The second kappa shape index (κ2) is 8.03. The predicted molar refractivity (Wildman–Crippen MR) is 104 cm³/mol. The van der Waals surface area contributed by atoms with E-state index >= 15 is 0 Å².